The van der Waals surface area contributed by atoms with Crippen LogP contribution in [0.1, 0.15) is 24.8 Å². The van der Waals surface area contributed by atoms with Crippen molar-refractivity contribution in [3.05, 3.63) is 34.1 Å². The van der Waals surface area contributed by atoms with Crippen LogP contribution in [0, 0.1) is 11.7 Å². The molecule has 0 bridgehead atoms. The molecule has 1 N–H and O–H groups in total. The topological polar surface area (TPSA) is 12.0 Å². The Kier molecular flexibility index (Phi) is 3.76. The summed E-state index contributed by atoms with van der Waals surface area (Å²) in [5.74, 6) is 0.776. The normalized spacial score (nSPS) is 15.6. The first-order chi connectivity index (χ1) is 7.25. The van der Waals surface area contributed by atoms with Crippen LogP contribution in [0.3, 0.4) is 0 Å². The summed E-state index contributed by atoms with van der Waals surface area (Å²) >= 11 is 3.36. The summed E-state index contributed by atoms with van der Waals surface area (Å²) in [4.78, 5) is 0. The highest BCUT2D eigenvalue weighted by Gasteiger charge is 2.19. The molecule has 0 radical (unpaired) electrons. The molecular weight excluding hydrogens is 257 g/mol. The van der Waals surface area contributed by atoms with Gasteiger partial charge in [-0.1, -0.05) is 34.8 Å². The fourth-order valence-electron chi connectivity index (χ4n) is 1.60. The molecule has 0 heterocycles. The summed E-state index contributed by atoms with van der Waals surface area (Å²) in [6.07, 6.45) is 4.09. The smallest absolute Gasteiger partial charge is 0.124 e. The number of hydrogen-bond donors (Lipinski definition) is 1. The van der Waals surface area contributed by atoms with Crippen molar-refractivity contribution in [2.45, 2.75) is 25.8 Å². The minimum atomic E-state index is -0.191. The van der Waals surface area contributed by atoms with Crippen molar-refractivity contribution in [3.63, 3.8) is 0 Å². The molecule has 0 unspecified atom stereocenters. The Morgan fingerprint density at radius 1 is 1.40 bits per heavy atom. The average Bonchev–Trinajstić information content (AvgIpc) is 2.99. The van der Waals surface area contributed by atoms with Crippen LogP contribution in [0.4, 0.5) is 4.39 Å². The zero-order chi connectivity index (χ0) is 10.7. The van der Waals surface area contributed by atoms with Crippen LogP contribution >= 0.6 is 15.9 Å². The number of hydrogen-bond acceptors (Lipinski definition) is 1. The van der Waals surface area contributed by atoms with Crippen molar-refractivity contribution < 1.29 is 4.39 Å². The molecule has 1 fully saturated rings. The van der Waals surface area contributed by atoms with Gasteiger partial charge in [0.25, 0.3) is 0 Å². The third-order valence-electron chi connectivity index (χ3n) is 2.76. The minimum absolute atomic E-state index is 0.191. The molecule has 2 rings (SSSR count). The predicted molar refractivity (Wildman–Crippen MR) is 63.1 cm³/mol. The lowest BCUT2D eigenvalue weighted by molar-refractivity contribution is 0.606. The Morgan fingerprint density at radius 3 is 2.87 bits per heavy atom. The molecule has 0 spiro atoms. The van der Waals surface area contributed by atoms with Crippen LogP contribution in [0.15, 0.2) is 22.7 Å². The van der Waals surface area contributed by atoms with Crippen molar-refractivity contribution in [1.82, 2.24) is 5.32 Å². The molecule has 1 aromatic rings. The van der Waals surface area contributed by atoms with Gasteiger partial charge in [-0.05, 0) is 36.6 Å². The fourth-order valence-corrected chi connectivity index (χ4v) is 2.09. The second-order valence-corrected chi connectivity index (χ2v) is 5.00. The second kappa shape index (κ2) is 5.08. The maximum Gasteiger partial charge on any atom is 0.124 e. The maximum absolute atomic E-state index is 12.8. The van der Waals surface area contributed by atoms with E-state index in [0.717, 1.165) is 29.0 Å². The van der Waals surface area contributed by atoms with Crippen molar-refractivity contribution in [2.75, 3.05) is 6.54 Å². The molecule has 15 heavy (non-hydrogen) atoms. The Morgan fingerprint density at radius 2 is 2.20 bits per heavy atom. The molecule has 82 valence electrons. The Bertz CT molecular complexity index is 336. The molecule has 1 aliphatic rings. The molecule has 0 aromatic heterocycles. The van der Waals surface area contributed by atoms with Crippen LogP contribution in [0.5, 0.6) is 0 Å². The minimum Gasteiger partial charge on any atom is -0.313 e. The maximum atomic E-state index is 12.8. The summed E-state index contributed by atoms with van der Waals surface area (Å²) < 4.78 is 13.6. The summed E-state index contributed by atoms with van der Waals surface area (Å²) in [6, 6.07) is 4.84. The van der Waals surface area contributed by atoms with Gasteiger partial charge in [-0.3, -0.25) is 0 Å². The first kappa shape index (κ1) is 11.1. The molecule has 0 amide bonds. The second-order valence-electron chi connectivity index (χ2n) is 4.14. The first-order valence-corrected chi connectivity index (χ1v) is 6.19. The molecule has 0 saturated heterocycles. The monoisotopic (exact) mass is 271 g/mol. The van der Waals surface area contributed by atoms with Crippen LogP contribution < -0.4 is 5.32 Å². The van der Waals surface area contributed by atoms with E-state index >= 15 is 0 Å². The van der Waals surface area contributed by atoms with Gasteiger partial charge in [0.1, 0.15) is 5.82 Å². The van der Waals surface area contributed by atoms with E-state index in [9.17, 15) is 4.39 Å². The van der Waals surface area contributed by atoms with E-state index in [0.29, 0.717) is 0 Å². The van der Waals surface area contributed by atoms with Crippen LogP contribution in [-0.2, 0) is 6.54 Å². The van der Waals surface area contributed by atoms with Gasteiger partial charge in [0.15, 0.2) is 0 Å². The number of benzene rings is 1. The SMILES string of the molecule is Fc1ccc(CNCCC2CC2)c(Br)c1. The van der Waals surface area contributed by atoms with Gasteiger partial charge in [-0.15, -0.1) is 0 Å². The van der Waals surface area contributed by atoms with Gasteiger partial charge in [-0.2, -0.15) is 0 Å². The fraction of sp³-hybridized carbons (Fsp3) is 0.500. The highest BCUT2D eigenvalue weighted by atomic mass is 79.9. The van der Waals surface area contributed by atoms with Crippen LogP contribution in [0.25, 0.3) is 0 Å². The molecule has 1 saturated carbocycles. The molecule has 0 aliphatic heterocycles. The highest BCUT2D eigenvalue weighted by Crippen LogP contribution is 2.31. The van der Waals surface area contributed by atoms with Gasteiger partial charge >= 0.3 is 0 Å². The van der Waals surface area contributed by atoms with Crippen LogP contribution in [-0.4, -0.2) is 6.54 Å². The molecule has 1 aliphatic carbocycles. The van der Waals surface area contributed by atoms with Gasteiger partial charge in [0, 0.05) is 11.0 Å². The van der Waals surface area contributed by atoms with E-state index in [-0.39, 0.29) is 5.82 Å². The van der Waals surface area contributed by atoms with E-state index in [1.165, 1.54) is 31.4 Å². The van der Waals surface area contributed by atoms with E-state index in [4.69, 9.17) is 0 Å². The van der Waals surface area contributed by atoms with Gasteiger partial charge in [0.2, 0.25) is 0 Å². The lowest BCUT2D eigenvalue weighted by Gasteiger charge is -2.06. The van der Waals surface area contributed by atoms with Crippen LogP contribution in [0.2, 0.25) is 0 Å². The largest absolute Gasteiger partial charge is 0.313 e. The lowest BCUT2D eigenvalue weighted by Crippen LogP contribution is -2.15. The first-order valence-electron chi connectivity index (χ1n) is 5.40. The Labute approximate surface area is 98.2 Å². The highest BCUT2D eigenvalue weighted by molar-refractivity contribution is 9.10. The Hall–Kier alpha value is -0.410. The summed E-state index contributed by atoms with van der Waals surface area (Å²) in [5.41, 5.74) is 1.12. The molecule has 1 aromatic carbocycles. The van der Waals surface area contributed by atoms with Gasteiger partial charge < -0.3 is 5.32 Å². The number of nitrogens with one attached hydrogen (secondary N) is 1. The quantitative estimate of drug-likeness (QED) is 0.809. The van der Waals surface area contributed by atoms with Crippen molar-refractivity contribution in [3.8, 4) is 0 Å². The van der Waals surface area contributed by atoms with E-state index in [1.807, 2.05) is 6.07 Å². The van der Waals surface area contributed by atoms with E-state index < -0.39 is 0 Å². The summed E-state index contributed by atoms with van der Waals surface area (Å²) in [6.45, 7) is 1.88. The lowest BCUT2D eigenvalue weighted by atomic mass is 10.2. The third kappa shape index (κ3) is 3.58. The van der Waals surface area contributed by atoms with Gasteiger partial charge in [-0.25, -0.2) is 4.39 Å². The zero-order valence-electron chi connectivity index (χ0n) is 8.60. The third-order valence-corrected chi connectivity index (χ3v) is 3.50. The van der Waals surface area contributed by atoms with Crippen molar-refractivity contribution in [2.24, 2.45) is 5.92 Å². The average molecular weight is 272 g/mol. The molecule has 3 heteroatoms. The molecule has 0 atom stereocenters. The summed E-state index contributed by atoms with van der Waals surface area (Å²) in [7, 11) is 0. The van der Waals surface area contributed by atoms with Crippen molar-refractivity contribution in [1.29, 1.82) is 0 Å². The van der Waals surface area contributed by atoms with Crippen molar-refractivity contribution >= 4 is 15.9 Å². The van der Waals surface area contributed by atoms with E-state index in [1.54, 1.807) is 0 Å². The standard InChI is InChI=1S/C12H15BrFN/c13-12-7-11(14)4-3-10(12)8-15-6-5-9-1-2-9/h3-4,7,9,15H,1-2,5-6,8H2. The zero-order valence-corrected chi connectivity index (χ0v) is 10.2. The summed E-state index contributed by atoms with van der Waals surface area (Å²) in [5, 5.41) is 3.38. The predicted octanol–water partition coefficient (Wildman–Crippen LogP) is 3.48. The van der Waals surface area contributed by atoms with Gasteiger partial charge in [0.05, 0.1) is 0 Å². The number of rotatable bonds is 5. The molecule has 1 nitrogen and oxygen atoms in total. The molecular formula is C12H15BrFN. The Balaban J connectivity index is 1.76. The number of halogens is 2. The van der Waals surface area contributed by atoms with E-state index in [2.05, 4.69) is 21.2 Å².